The quantitative estimate of drug-likeness (QED) is 0.830. The number of hydrogen-bond acceptors (Lipinski definition) is 4. The van der Waals surface area contributed by atoms with E-state index in [2.05, 4.69) is 5.32 Å². The van der Waals surface area contributed by atoms with Gasteiger partial charge in [-0.25, -0.2) is 4.39 Å². The molecule has 1 heterocycles. The Bertz CT molecular complexity index is 657. The molecule has 1 aliphatic heterocycles. The van der Waals surface area contributed by atoms with Gasteiger partial charge in [-0.15, -0.1) is 0 Å². The molecule has 0 radical (unpaired) electrons. The molecule has 138 valence electrons. The van der Waals surface area contributed by atoms with E-state index in [1.807, 2.05) is 27.7 Å². The largest absolute Gasteiger partial charge is 0.496 e. The van der Waals surface area contributed by atoms with E-state index in [9.17, 15) is 18.8 Å². The first-order valence-electron chi connectivity index (χ1n) is 8.75. The monoisotopic (exact) mass is 351 g/mol. The zero-order valence-electron chi connectivity index (χ0n) is 15.4. The second kappa shape index (κ2) is 9.30. The van der Waals surface area contributed by atoms with Gasteiger partial charge in [-0.3, -0.25) is 19.7 Å². The molecule has 2 aliphatic rings. The van der Waals surface area contributed by atoms with Gasteiger partial charge in [0.1, 0.15) is 11.6 Å². The number of hydrogen-bond donors (Lipinski definition) is 1. The number of Topliss-reactive ketones (excluding diaryl/α,β-unsaturated/α-hetero) is 1. The van der Waals surface area contributed by atoms with Crippen molar-refractivity contribution in [1.82, 2.24) is 5.32 Å². The van der Waals surface area contributed by atoms with Crippen LogP contribution in [0.15, 0.2) is 12.1 Å². The van der Waals surface area contributed by atoms with Crippen LogP contribution in [0.1, 0.15) is 56.5 Å². The van der Waals surface area contributed by atoms with Crippen LogP contribution in [-0.4, -0.2) is 24.7 Å². The molecule has 0 spiro atoms. The average molecular weight is 351 g/mol. The topological polar surface area (TPSA) is 72.5 Å². The van der Waals surface area contributed by atoms with Gasteiger partial charge in [0.2, 0.25) is 11.8 Å². The summed E-state index contributed by atoms with van der Waals surface area (Å²) in [6.45, 7) is 8.00. The van der Waals surface area contributed by atoms with Crippen LogP contribution in [0, 0.1) is 17.7 Å². The maximum Gasteiger partial charge on any atom is 0.230 e. The first kappa shape index (κ1) is 20.8. The molecule has 0 bridgehead atoms. The number of ketones is 1. The van der Waals surface area contributed by atoms with Crippen LogP contribution >= 0.6 is 0 Å². The fraction of sp³-hybridized carbons (Fsp3) is 0.526. The van der Waals surface area contributed by atoms with E-state index in [0.29, 0.717) is 24.2 Å². The fourth-order valence-corrected chi connectivity index (χ4v) is 3.16. The molecular weight excluding hydrogens is 325 g/mol. The predicted molar refractivity (Wildman–Crippen MR) is 93.0 cm³/mol. The molecule has 3 rings (SSSR count). The Balaban J connectivity index is 0.000000730. The summed E-state index contributed by atoms with van der Waals surface area (Å²) in [5, 5.41) is 2.26. The van der Waals surface area contributed by atoms with E-state index in [1.54, 1.807) is 0 Å². The lowest BCUT2D eigenvalue weighted by atomic mass is 9.83. The molecule has 2 atom stereocenters. The molecule has 1 aromatic rings. The van der Waals surface area contributed by atoms with Crippen molar-refractivity contribution in [2.24, 2.45) is 11.8 Å². The van der Waals surface area contributed by atoms with Gasteiger partial charge < -0.3 is 4.74 Å². The summed E-state index contributed by atoms with van der Waals surface area (Å²) in [7, 11) is 1.42. The van der Waals surface area contributed by atoms with E-state index in [4.69, 9.17) is 4.74 Å². The molecular formula is C19H26FNO4. The molecule has 2 amide bonds. The van der Waals surface area contributed by atoms with Crippen molar-refractivity contribution < 1.29 is 23.5 Å². The summed E-state index contributed by atoms with van der Waals surface area (Å²) < 4.78 is 18.6. The summed E-state index contributed by atoms with van der Waals surface area (Å²) >= 11 is 0. The number of amides is 2. The summed E-state index contributed by atoms with van der Waals surface area (Å²) in [6.07, 6.45) is 0.909. The molecule has 1 fully saturated rings. The summed E-state index contributed by atoms with van der Waals surface area (Å²) in [5.74, 6) is -2.30. The number of piperidine rings is 1. The average Bonchev–Trinajstić information content (AvgIpc) is 2.94. The van der Waals surface area contributed by atoms with E-state index in [1.165, 1.54) is 19.2 Å². The second-order valence-corrected chi connectivity index (χ2v) is 5.37. The van der Waals surface area contributed by atoms with E-state index < -0.39 is 23.6 Å². The first-order chi connectivity index (χ1) is 12.0. The minimum absolute atomic E-state index is 0.224. The van der Waals surface area contributed by atoms with Crippen molar-refractivity contribution in [1.29, 1.82) is 0 Å². The highest BCUT2D eigenvalue weighted by atomic mass is 19.1. The number of carbonyl (C=O) groups is 3. The smallest absolute Gasteiger partial charge is 0.230 e. The van der Waals surface area contributed by atoms with Gasteiger partial charge in [0.05, 0.1) is 7.11 Å². The van der Waals surface area contributed by atoms with E-state index in [-0.39, 0.29) is 23.7 Å². The Morgan fingerprint density at radius 3 is 2.28 bits per heavy atom. The summed E-state index contributed by atoms with van der Waals surface area (Å²) in [6, 6.07) is 2.42. The molecule has 0 saturated carbocycles. The highest BCUT2D eigenvalue weighted by molar-refractivity contribution is 6.07. The van der Waals surface area contributed by atoms with Gasteiger partial charge in [0, 0.05) is 35.4 Å². The van der Waals surface area contributed by atoms with Crippen LogP contribution in [0.4, 0.5) is 4.39 Å². The highest BCUT2D eigenvalue weighted by Gasteiger charge is 2.43. The van der Waals surface area contributed by atoms with Crippen molar-refractivity contribution in [2.75, 3.05) is 7.11 Å². The number of rotatable bonds is 2. The first-order valence-corrected chi connectivity index (χ1v) is 8.75. The van der Waals surface area contributed by atoms with Crippen LogP contribution in [0.3, 0.4) is 0 Å². The molecule has 2 unspecified atom stereocenters. The molecule has 0 aromatic heterocycles. The third-order valence-electron chi connectivity index (χ3n) is 4.19. The zero-order valence-corrected chi connectivity index (χ0v) is 15.4. The maximum atomic E-state index is 13.5. The lowest BCUT2D eigenvalue weighted by Gasteiger charge is -2.24. The van der Waals surface area contributed by atoms with Crippen LogP contribution in [0.25, 0.3) is 0 Å². The molecule has 1 saturated heterocycles. The standard InChI is InChI=1S/C15H14FNO4.2C2H6/c1-21-12-5-7(16)4-10-9(12)6-11(14(10)19)8-2-3-13(18)17-15(8)20;2*1-2/h4-5,8,11H,2-3,6H2,1H3,(H,17,18,20);2*1-2H3. The van der Waals surface area contributed by atoms with Gasteiger partial charge in [0.25, 0.3) is 0 Å². The molecule has 1 aromatic carbocycles. The third-order valence-corrected chi connectivity index (χ3v) is 4.19. The summed E-state index contributed by atoms with van der Waals surface area (Å²) in [4.78, 5) is 35.6. The van der Waals surface area contributed by atoms with Gasteiger partial charge in [-0.2, -0.15) is 0 Å². The van der Waals surface area contributed by atoms with Crippen LogP contribution < -0.4 is 10.1 Å². The van der Waals surface area contributed by atoms with Crippen molar-refractivity contribution in [3.05, 3.63) is 29.1 Å². The number of carbonyl (C=O) groups excluding carboxylic acids is 3. The van der Waals surface area contributed by atoms with E-state index in [0.717, 1.165) is 0 Å². The van der Waals surface area contributed by atoms with Gasteiger partial charge in [0.15, 0.2) is 5.78 Å². The van der Waals surface area contributed by atoms with Gasteiger partial charge in [-0.1, -0.05) is 27.7 Å². The van der Waals surface area contributed by atoms with Crippen LogP contribution in [-0.2, 0) is 16.0 Å². The van der Waals surface area contributed by atoms with Crippen LogP contribution in [0.2, 0.25) is 0 Å². The summed E-state index contributed by atoms with van der Waals surface area (Å²) in [5.41, 5.74) is 0.917. The fourth-order valence-electron chi connectivity index (χ4n) is 3.16. The van der Waals surface area contributed by atoms with Gasteiger partial charge in [-0.05, 0) is 18.9 Å². The van der Waals surface area contributed by atoms with Crippen LogP contribution in [0.5, 0.6) is 5.75 Å². The minimum atomic E-state index is -0.552. The number of imide groups is 1. The number of ether oxygens (including phenoxy) is 1. The number of methoxy groups -OCH3 is 1. The van der Waals surface area contributed by atoms with Crippen molar-refractivity contribution in [2.45, 2.75) is 47.0 Å². The van der Waals surface area contributed by atoms with E-state index >= 15 is 0 Å². The van der Waals surface area contributed by atoms with Crippen molar-refractivity contribution >= 4 is 17.6 Å². The lowest BCUT2D eigenvalue weighted by Crippen LogP contribution is -2.44. The molecule has 5 nitrogen and oxygen atoms in total. The number of fused-ring (bicyclic) bond motifs is 1. The molecule has 1 aliphatic carbocycles. The number of nitrogens with one attached hydrogen (secondary N) is 1. The SMILES string of the molecule is CC.CC.COc1cc(F)cc2c1CC(C1CCC(=O)NC1=O)C2=O. The van der Waals surface area contributed by atoms with Crippen molar-refractivity contribution in [3.8, 4) is 5.75 Å². The third kappa shape index (κ3) is 4.24. The van der Waals surface area contributed by atoms with Crippen molar-refractivity contribution in [3.63, 3.8) is 0 Å². The molecule has 25 heavy (non-hydrogen) atoms. The molecule has 1 N–H and O–H groups in total. The Morgan fingerprint density at radius 2 is 1.72 bits per heavy atom. The number of benzene rings is 1. The number of halogens is 1. The Labute approximate surface area is 147 Å². The Hall–Kier alpha value is -2.24. The highest BCUT2D eigenvalue weighted by Crippen LogP contribution is 2.39. The lowest BCUT2D eigenvalue weighted by molar-refractivity contribution is -0.137. The maximum absolute atomic E-state index is 13.5. The Kier molecular flexibility index (Phi) is 7.74. The Morgan fingerprint density at radius 1 is 1.08 bits per heavy atom. The molecule has 6 heteroatoms. The zero-order chi connectivity index (χ0) is 19.1. The van der Waals surface area contributed by atoms with Gasteiger partial charge >= 0.3 is 0 Å². The normalized spacial score (nSPS) is 21.3. The predicted octanol–water partition coefficient (Wildman–Crippen LogP) is 3.29. The minimum Gasteiger partial charge on any atom is -0.496 e. The second-order valence-electron chi connectivity index (χ2n) is 5.37.